The highest BCUT2D eigenvalue weighted by molar-refractivity contribution is 8.00. The van der Waals surface area contributed by atoms with Crippen LogP contribution in [0.15, 0.2) is 60.9 Å². The molecule has 0 saturated heterocycles. The van der Waals surface area contributed by atoms with Crippen molar-refractivity contribution in [2.24, 2.45) is 0 Å². The number of hydrogen-bond acceptors (Lipinski definition) is 6. The fourth-order valence-electron chi connectivity index (χ4n) is 2.64. The van der Waals surface area contributed by atoms with Crippen molar-refractivity contribution in [3.8, 4) is 17.1 Å². The van der Waals surface area contributed by atoms with Gasteiger partial charge in [-0.1, -0.05) is 24.3 Å². The van der Waals surface area contributed by atoms with Crippen LogP contribution in [0.25, 0.3) is 11.3 Å². The third-order valence-electron chi connectivity index (χ3n) is 3.99. The van der Waals surface area contributed by atoms with Crippen LogP contribution in [0.5, 0.6) is 5.88 Å². The number of benzene rings is 2. The molecule has 0 atom stereocenters. The molecule has 0 spiro atoms. The summed E-state index contributed by atoms with van der Waals surface area (Å²) in [4.78, 5) is 20.9. The zero-order chi connectivity index (χ0) is 21.3. The minimum absolute atomic E-state index is 0.240. The summed E-state index contributed by atoms with van der Waals surface area (Å²) in [6.45, 7) is 2.65. The molecular weight excluding hydrogens is 410 g/mol. The van der Waals surface area contributed by atoms with Crippen LogP contribution in [0.3, 0.4) is 0 Å². The molecule has 1 heterocycles. The number of alkyl halides is 2. The van der Waals surface area contributed by atoms with E-state index in [4.69, 9.17) is 4.74 Å². The van der Waals surface area contributed by atoms with Gasteiger partial charge in [0.25, 0.3) is 5.91 Å². The predicted molar refractivity (Wildman–Crippen MR) is 113 cm³/mol. The number of nitrogens with zero attached hydrogens (tertiary/aromatic N) is 2. The maximum Gasteiger partial charge on any atom is 0.302 e. The summed E-state index contributed by atoms with van der Waals surface area (Å²) < 4.78 is 32.5. The SMILES string of the molecule is CCOc1cncc(-c2ccc(C(=O)NCc3cccc(NSC(F)F)c3)cc2)n1. The van der Waals surface area contributed by atoms with Gasteiger partial charge in [-0.15, -0.1) is 0 Å². The molecule has 2 aromatic carbocycles. The monoisotopic (exact) mass is 430 g/mol. The van der Waals surface area contributed by atoms with Crippen molar-refractivity contribution in [3.63, 3.8) is 0 Å². The average molecular weight is 430 g/mol. The van der Waals surface area contributed by atoms with Crippen molar-refractivity contribution < 1.29 is 18.3 Å². The number of carbonyl (C=O) groups excluding carboxylic acids is 1. The quantitative estimate of drug-likeness (QED) is 0.477. The third-order valence-corrected chi connectivity index (χ3v) is 4.53. The van der Waals surface area contributed by atoms with Gasteiger partial charge in [0.05, 0.1) is 24.7 Å². The van der Waals surface area contributed by atoms with Gasteiger partial charge in [0, 0.05) is 35.3 Å². The zero-order valence-electron chi connectivity index (χ0n) is 16.1. The Labute approximate surface area is 177 Å². The molecule has 0 bridgehead atoms. The van der Waals surface area contributed by atoms with Crippen LogP contribution in [-0.2, 0) is 6.54 Å². The lowest BCUT2D eigenvalue weighted by Crippen LogP contribution is -2.22. The number of amides is 1. The molecule has 156 valence electrons. The number of carbonyl (C=O) groups is 1. The van der Waals surface area contributed by atoms with E-state index in [1.807, 2.05) is 13.0 Å². The molecule has 6 nitrogen and oxygen atoms in total. The molecule has 1 aromatic heterocycles. The summed E-state index contributed by atoms with van der Waals surface area (Å²) in [7, 11) is 0. The number of ether oxygens (including phenoxy) is 1. The minimum Gasteiger partial charge on any atom is -0.477 e. The third kappa shape index (κ3) is 6.15. The number of aromatic nitrogens is 2. The van der Waals surface area contributed by atoms with Crippen LogP contribution < -0.4 is 14.8 Å². The summed E-state index contributed by atoms with van der Waals surface area (Å²) >= 11 is 0.329. The molecule has 9 heteroatoms. The van der Waals surface area contributed by atoms with E-state index in [1.165, 1.54) is 0 Å². The zero-order valence-corrected chi connectivity index (χ0v) is 17.0. The maximum absolute atomic E-state index is 12.4. The van der Waals surface area contributed by atoms with E-state index in [9.17, 15) is 13.6 Å². The molecular formula is C21H20F2N4O2S. The van der Waals surface area contributed by atoms with E-state index in [2.05, 4.69) is 20.0 Å². The summed E-state index contributed by atoms with van der Waals surface area (Å²) in [5, 5.41) is 2.82. The van der Waals surface area contributed by atoms with Crippen molar-refractivity contribution >= 4 is 23.5 Å². The summed E-state index contributed by atoms with van der Waals surface area (Å²) in [5.41, 5.74) is 3.31. The highest BCUT2D eigenvalue weighted by atomic mass is 32.2. The molecule has 0 saturated carbocycles. The van der Waals surface area contributed by atoms with Crippen LogP contribution in [0.1, 0.15) is 22.8 Å². The molecule has 3 rings (SSSR count). The normalized spacial score (nSPS) is 10.7. The minimum atomic E-state index is -2.51. The number of anilines is 1. The van der Waals surface area contributed by atoms with Crippen molar-refractivity contribution in [1.82, 2.24) is 15.3 Å². The highest BCUT2D eigenvalue weighted by Crippen LogP contribution is 2.20. The molecule has 0 aliphatic carbocycles. The molecule has 30 heavy (non-hydrogen) atoms. The van der Waals surface area contributed by atoms with E-state index in [0.717, 1.165) is 11.1 Å². The Morgan fingerprint density at radius 2 is 1.97 bits per heavy atom. The first-order valence-corrected chi connectivity index (χ1v) is 10.1. The second-order valence-corrected chi connectivity index (χ2v) is 6.91. The second kappa shape index (κ2) is 10.5. The molecule has 1 amide bonds. The number of halogens is 2. The Kier molecular flexibility index (Phi) is 7.56. The van der Waals surface area contributed by atoms with Gasteiger partial charge < -0.3 is 14.8 Å². The summed E-state index contributed by atoms with van der Waals surface area (Å²) in [6.07, 6.45) is 3.18. The molecule has 0 aliphatic heterocycles. The Bertz CT molecular complexity index is 987. The van der Waals surface area contributed by atoms with E-state index < -0.39 is 5.76 Å². The molecule has 0 fully saturated rings. The fourth-order valence-corrected chi connectivity index (χ4v) is 2.99. The van der Waals surface area contributed by atoms with Gasteiger partial charge in [0.2, 0.25) is 5.88 Å². The Morgan fingerprint density at radius 1 is 1.17 bits per heavy atom. The first kappa shape index (κ1) is 21.5. The number of nitrogens with one attached hydrogen (secondary N) is 2. The van der Waals surface area contributed by atoms with Gasteiger partial charge in [-0.2, -0.15) is 8.78 Å². The lowest BCUT2D eigenvalue weighted by Gasteiger charge is -2.09. The summed E-state index contributed by atoms with van der Waals surface area (Å²) in [5.74, 6) is -2.31. The average Bonchev–Trinajstić information content (AvgIpc) is 2.77. The Hall–Kier alpha value is -3.20. The number of hydrogen-bond donors (Lipinski definition) is 2. The van der Waals surface area contributed by atoms with Crippen LogP contribution in [0, 0.1) is 0 Å². The van der Waals surface area contributed by atoms with Gasteiger partial charge >= 0.3 is 5.76 Å². The van der Waals surface area contributed by atoms with E-state index in [0.29, 0.717) is 41.4 Å². The van der Waals surface area contributed by atoms with Gasteiger partial charge in [-0.25, -0.2) is 4.98 Å². The second-order valence-electron chi connectivity index (χ2n) is 6.12. The molecule has 0 radical (unpaired) electrons. The van der Waals surface area contributed by atoms with Crippen LogP contribution >= 0.6 is 11.9 Å². The largest absolute Gasteiger partial charge is 0.477 e. The van der Waals surface area contributed by atoms with Gasteiger partial charge in [0.15, 0.2) is 0 Å². The smallest absolute Gasteiger partial charge is 0.302 e. The standard InChI is InChI=1S/C21H20F2N4O2S/c1-2-29-19-13-24-12-18(26-19)15-6-8-16(9-7-15)20(28)25-11-14-4-3-5-17(10-14)27-30-21(22)23/h3-10,12-13,21,27H,2,11H2,1H3,(H,25,28). The summed E-state index contributed by atoms with van der Waals surface area (Å²) in [6, 6.07) is 13.9. The van der Waals surface area contributed by atoms with Gasteiger partial charge in [-0.05, 0) is 36.8 Å². The van der Waals surface area contributed by atoms with Crippen molar-refractivity contribution in [3.05, 3.63) is 72.1 Å². The van der Waals surface area contributed by atoms with E-state index in [-0.39, 0.29) is 12.5 Å². The number of rotatable bonds is 9. The first-order chi connectivity index (χ1) is 14.5. The van der Waals surface area contributed by atoms with Crippen molar-refractivity contribution in [2.45, 2.75) is 19.2 Å². The molecule has 0 aliphatic rings. The van der Waals surface area contributed by atoms with E-state index >= 15 is 0 Å². The van der Waals surface area contributed by atoms with Gasteiger partial charge in [0.1, 0.15) is 0 Å². The Morgan fingerprint density at radius 3 is 2.70 bits per heavy atom. The molecule has 0 unspecified atom stereocenters. The predicted octanol–water partition coefficient (Wildman–Crippen LogP) is 4.76. The lowest BCUT2D eigenvalue weighted by atomic mass is 10.1. The van der Waals surface area contributed by atoms with Crippen molar-refractivity contribution in [2.75, 3.05) is 11.3 Å². The lowest BCUT2D eigenvalue weighted by molar-refractivity contribution is 0.0951. The molecule has 2 N–H and O–H groups in total. The topological polar surface area (TPSA) is 76.1 Å². The first-order valence-electron chi connectivity index (χ1n) is 9.17. The van der Waals surface area contributed by atoms with Gasteiger partial charge in [-0.3, -0.25) is 9.78 Å². The van der Waals surface area contributed by atoms with Crippen LogP contribution in [0.2, 0.25) is 0 Å². The van der Waals surface area contributed by atoms with Crippen LogP contribution in [-0.4, -0.2) is 28.2 Å². The maximum atomic E-state index is 12.4. The highest BCUT2D eigenvalue weighted by Gasteiger charge is 2.08. The molecule has 3 aromatic rings. The van der Waals surface area contributed by atoms with Crippen LogP contribution in [0.4, 0.5) is 14.5 Å². The fraction of sp³-hybridized carbons (Fsp3) is 0.190. The Balaban J connectivity index is 1.60. The van der Waals surface area contributed by atoms with Crippen molar-refractivity contribution in [1.29, 1.82) is 0 Å². The van der Waals surface area contributed by atoms with E-state index in [1.54, 1.807) is 54.9 Å².